The number of ether oxygens (including phenoxy) is 2. The van der Waals surface area contributed by atoms with Gasteiger partial charge in [-0.25, -0.2) is 14.8 Å². The molecular weight excluding hydrogens is 577 g/mol. The van der Waals surface area contributed by atoms with E-state index < -0.39 is 5.60 Å². The van der Waals surface area contributed by atoms with Gasteiger partial charge in [0.1, 0.15) is 11.4 Å². The van der Waals surface area contributed by atoms with Crippen molar-refractivity contribution >= 4 is 51.5 Å². The van der Waals surface area contributed by atoms with Crippen molar-refractivity contribution < 1.29 is 23.9 Å². The van der Waals surface area contributed by atoms with E-state index in [2.05, 4.69) is 37.5 Å². The molecule has 0 saturated carbocycles. The summed E-state index contributed by atoms with van der Waals surface area (Å²) in [4.78, 5) is 54.1. The van der Waals surface area contributed by atoms with Gasteiger partial charge in [0.05, 0.1) is 34.8 Å². The zero-order valence-corrected chi connectivity index (χ0v) is 22.6. The number of carbonyl (C=O) groups excluding carboxylic acids is 3. The van der Waals surface area contributed by atoms with Gasteiger partial charge in [0.25, 0.3) is 11.8 Å². The number of rotatable bonds is 3. The number of methoxy groups -OCH3 is 1. The van der Waals surface area contributed by atoms with Crippen LogP contribution in [0.15, 0.2) is 24.4 Å². The monoisotopic (exact) mass is 603 g/mol. The van der Waals surface area contributed by atoms with E-state index in [0.29, 0.717) is 65.4 Å². The lowest BCUT2D eigenvalue weighted by atomic mass is 10.0. The van der Waals surface area contributed by atoms with Crippen LogP contribution in [0.4, 0.5) is 4.79 Å². The van der Waals surface area contributed by atoms with Gasteiger partial charge < -0.3 is 19.4 Å². The van der Waals surface area contributed by atoms with Crippen LogP contribution in [0, 0.1) is 3.57 Å². The van der Waals surface area contributed by atoms with Gasteiger partial charge in [-0.05, 0) is 74.4 Å². The molecule has 1 aromatic carbocycles. The highest BCUT2D eigenvalue weighted by Gasteiger charge is 2.42. The average molecular weight is 603 g/mol. The Morgan fingerprint density at radius 2 is 1.81 bits per heavy atom. The van der Waals surface area contributed by atoms with Gasteiger partial charge in [0.2, 0.25) is 5.88 Å². The van der Waals surface area contributed by atoms with Crippen LogP contribution >= 0.6 is 22.6 Å². The molecule has 3 aromatic rings. The number of likely N-dealkylation sites (tertiary alicyclic amines) is 1. The highest BCUT2D eigenvalue weighted by molar-refractivity contribution is 14.1. The summed E-state index contributed by atoms with van der Waals surface area (Å²) in [7, 11) is 1.54. The number of carbonyl (C=O) groups is 3. The van der Waals surface area contributed by atoms with Crippen molar-refractivity contribution in [2.75, 3.05) is 20.2 Å². The molecule has 188 valence electrons. The fourth-order valence-corrected chi connectivity index (χ4v) is 5.28. The van der Waals surface area contributed by atoms with Gasteiger partial charge >= 0.3 is 6.09 Å². The highest BCUT2D eigenvalue weighted by Crippen LogP contribution is 2.35. The Hall–Kier alpha value is -3.22. The van der Waals surface area contributed by atoms with Crippen LogP contribution in [-0.4, -0.2) is 74.5 Å². The van der Waals surface area contributed by atoms with E-state index in [4.69, 9.17) is 9.47 Å². The third kappa shape index (κ3) is 4.29. The van der Waals surface area contributed by atoms with Crippen molar-refractivity contribution in [1.82, 2.24) is 24.8 Å². The molecule has 2 aromatic heterocycles. The summed E-state index contributed by atoms with van der Waals surface area (Å²) in [6.45, 7) is 6.31. The second-order valence-corrected chi connectivity index (χ2v) is 11.0. The lowest BCUT2D eigenvalue weighted by Crippen LogP contribution is -2.49. The van der Waals surface area contributed by atoms with Crippen LogP contribution in [0.3, 0.4) is 0 Å². The highest BCUT2D eigenvalue weighted by atomic mass is 127. The molecule has 2 aliphatic rings. The molecule has 10 nitrogen and oxygen atoms in total. The second-order valence-electron chi connectivity index (χ2n) is 9.86. The number of amides is 3. The van der Waals surface area contributed by atoms with Gasteiger partial charge in [-0.2, -0.15) is 0 Å². The summed E-state index contributed by atoms with van der Waals surface area (Å²) >= 11 is 2.19. The summed E-state index contributed by atoms with van der Waals surface area (Å²) in [5.74, 6) is 0.335. The summed E-state index contributed by atoms with van der Waals surface area (Å²) in [5, 5.41) is 0. The predicted molar refractivity (Wildman–Crippen MR) is 140 cm³/mol. The number of fused-ring (bicyclic) bond motifs is 2. The zero-order valence-electron chi connectivity index (χ0n) is 20.4. The predicted octanol–water partition coefficient (Wildman–Crippen LogP) is 4.23. The Labute approximate surface area is 221 Å². The number of benzene rings is 1. The third-order valence-corrected chi connectivity index (χ3v) is 7.20. The van der Waals surface area contributed by atoms with E-state index in [1.807, 2.05) is 26.8 Å². The van der Waals surface area contributed by atoms with Crippen LogP contribution in [0.5, 0.6) is 5.88 Å². The van der Waals surface area contributed by atoms with Crippen LogP contribution in [0.25, 0.3) is 22.4 Å². The molecule has 3 amide bonds. The quantitative estimate of drug-likeness (QED) is 0.352. The molecule has 4 heterocycles. The molecule has 1 N–H and O–H groups in total. The number of piperidine rings is 1. The summed E-state index contributed by atoms with van der Waals surface area (Å²) in [5.41, 5.74) is 2.06. The summed E-state index contributed by atoms with van der Waals surface area (Å²) in [6, 6.07) is 4.92. The minimum absolute atomic E-state index is 0.279. The first-order valence-corrected chi connectivity index (χ1v) is 12.7. The van der Waals surface area contributed by atoms with Crippen molar-refractivity contribution in [3.8, 4) is 17.3 Å². The normalized spacial score (nSPS) is 16.6. The van der Waals surface area contributed by atoms with Gasteiger partial charge in [-0.1, -0.05) is 0 Å². The van der Waals surface area contributed by atoms with Gasteiger partial charge in [-0.3, -0.25) is 14.5 Å². The maximum Gasteiger partial charge on any atom is 0.410 e. The van der Waals surface area contributed by atoms with Crippen LogP contribution < -0.4 is 4.74 Å². The van der Waals surface area contributed by atoms with Crippen molar-refractivity contribution in [3.63, 3.8) is 0 Å². The number of pyridine rings is 1. The maximum atomic E-state index is 13.3. The zero-order chi connectivity index (χ0) is 25.8. The number of nitrogens with zero attached hydrogens (tertiary/aromatic N) is 4. The van der Waals surface area contributed by atoms with Gasteiger partial charge in [0, 0.05) is 28.9 Å². The lowest BCUT2D eigenvalue weighted by Gasteiger charge is -2.36. The van der Waals surface area contributed by atoms with Crippen molar-refractivity contribution in [3.05, 3.63) is 39.1 Å². The molecule has 0 radical (unpaired) electrons. The first-order valence-electron chi connectivity index (χ1n) is 11.7. The number of hydrogen-bond donors (Lipinski definition) is 1. The number of imidazole rings is 1. The molecule has 0 atom stereocenters. The number of halogens is 1. The molecule has 2 aliphatic heterocycles. The Morgan fingerprint density at radius 3 is 2.44 bits per heavy atom. The van der Waals surface area contributed by atoms with Crippen molar-refractivity contribution in [2.45, 2.75) is 45.3 Å². The van der Waals surface area contributed by atoms with Crippen LogP contribution in [0.1, 0.15) is 54.3 Å². The van der Waals surface area contributed by atoms with Crippen molar-refractivity contribution in [2.24, 2.45) is 0 Å². The Morgan fingerprint density at radius 1 is 1.14 bits per heavy atom. The van der Waals surface area contributed by atoms with Gasteiger partial charge in [0.15, 0.2) is 0 Å². The van der Waals surface area contributed by atoms with E-state index in [1.54, 1.807) is 30.3 Å². The SMILES string of the molecule is COc1nccc(I)c1-c1nc2cc3c(cc2[nH]1)C(=O)N(C1CCN(C(=O)OC(C)(C)C)CC1)C3=O. The molecule has 0 bridgehead atoms. The standard InChI is InChI=1S/C25H26IN5O5/c1-25(2,3)36-24(34)30-9-6-13(7-10-30)31-22(32)14-11-17-18(12-15(14)23(31)33)29-20(28-17)19-16(26)5-8-27-21(19)35-4/h5,8,11-13H,6-7,9-10H2,1-4H3,(H,28,29). The minimum Gasteiger partial charge on any atom is -0.480 e. The molecule has 5 rings (SSSR count). The molecule has 11 heteroatoms. The van der Waals surface area contributed by atoms with Crippen LogP contribution in [-0.2, 0) is 4.74 Å². The number of hydrogen-bond acceptors (Lipinski definition) is 7. The van der Waals surface area contributed by atoms with Gasteiger partial charge in [-0.15, -0.1) is 0 Å². The van der Waals surface area contributed by atoms with E-state index >= 15 is 0 Å². The molecule has 0 unspecified atom stereocenters. The number of imide groups is 1. The molecule has 1 fully saturated rings. The van der Waals surface area contributed by atoms with E-state index in [-0.39, 0.29) is 23.9 Å². The summed E-state index contributed by atoms with van der Waals surface area (Å²) in [6.07, 6.45) is 2.29. The summed E-state index contributed by atoms with van der Waals surface area (Å²) < 4.78 is 11.7. The Balaban J connectivity index is 1.38. The number of nitrogens with one attached hydrogen (secondary N) is 1. The number of H-pyrrole nitrogens is 1. The average Bonchev–Trinajstić information content (AvgIpc) is 3.34. The Kier molecular flexibility index (Phi) is 6.13. The number of aromatic amines is 1. The molecule has 0 spiro atoms. The molecule has 36 heavy (non-hydrogen) atoms. The first-order chi connectivity index (χ1) is 17.1. The van der Waals surface area contributed by atoms with E-state index in [9.17, 15) is 14.4 Å². The smallest absolute Gasteiger partial charge is 0.410 e. The first kappa shape index (κ1) is 24.5. The lowest BCUT2D eigenvalue weighted by molar-refractivity contribution is 0.0156. The second kappa shape index (κ2) is 9.02. The molecular formula is C25H26IN5O5. The number of aromatic nitrogens is 3. The Bertz CT molecular complexity index is 1330. The molecule has 1 saturated heterocycles. The maximum absolute atomic E-state index is 13.3. The largest absolute Gasteiger partial charge is 0.480 e. The minimum atomic E-state index is -0.576. The topological polar surface area (TPSA) is 118 Å². The fraction of sp³-hybridized carbons (Fsp3) is 0.400. The molecule has 0 aliphatic carbocycles. The van der Waals surface area contributed by atoms with E-state index in [1.165, 1.54) is 4.90 Å². The van der Waals surface area contributed by atoms with Crippen molar-refractivity contribution in [1.29, 1.82) is 0 Å². The van der Waals surface area contributed by atoms with E-state index in [0.717, 1.165) is 3.57 Å². The third-order valence-electron chi connectivity index (χ3n) is 6.30. The van der Waals surface area contributed by atoms with Crippen LogP contribution in [0.2, 0.25) is 0 Å². The fourth-order valence-electron chi connectivity index (χ4n) is 4.64.